The van der Waals surface area contributed by atoms with E-state index in [9.17, 15) is 23.3 Å². The number of nitrogens with one attached hydrogen (secondary N) is 1. The van der Waals surface area contributed by atoms with Crippen LogP contribution in [0.25, 0.3) is 0 Å². The minimum absolute atomic E-state index is 0.0440. The van der Waals surface area contributed by atoms with Crippen LogP contribution in [-0.2, 0) is 6.18 Å². The van der Waals surface area contributed by atoms with Crippen LogP contribution in [-0.4, -0.2) is 11.0 Å². The Kier molecular flexibility index (Phi) is 3.46. The van der Waals surface area contributed by atoms with Crippen LogP contribution < -0.4 is 5.32 Å². The van der Waals surface area contributed by atoms with E-state index in [-0.39, 0.29) is 11.7 Å². The Morgan fingerprint density at radius 3 is 2.42 bits per heavy atom. The van der Waals surface area contributed by atoms with Gasteiger partial charge in [-0.05, 0) is 25.0 Å². The fourth-order valence-electron chi connectivity index (χ4n) is 1.98. The third kappa shape index (κ3) is 3.04. The molecular weight excluding hydrogens is 261 g/mol. The SMILES string of the molecule is O=[N+]([O-])c1ccc(NC2CC=CC2)cc1C(F)(F)F. The van der Waals surface area contributed by atoms with Gasteiger partial charge in [-0.15, -0.1) is 0 Å². The average Bonchev–Trinajstić information content (AvgIpc) is 2.80. The first kappa shape index (κ1) is 13.4. The predicted octanol–water partition coefficient (Wildman–Crippen LogP) is 3.74. The van der Waals surface area contributed by atoms with Gasteiger partial charge in [-0.1, -0.05) is 12.2 Å². The Labute approximate surface area is 107 Å². The van der Waals surface area contributed by atoms with Crippen molar-refractivity contribution in [2.24, 2.45) is 0 Å². The Hall–Kier alpha value is -2.05. The van der Waals surface area contributed by atoms with Crippen molar-refractivity contribution in [1.29, 1.82) is 0 Å². The summed E-state index contributed by atoms with van der Waals surface area (Å²) in [5.74, 6) is 0. The second-order valence-corrected chi connectivity index (χ2v) is 4.27. The molecule has 1 aromatic rings. The molecular formula is C12H11F3N2O2. The molecule has 0 radical (unpaired) electrons. The maximum Gasteiger partial charge on any atom is 0.423 e. The van der Waals surface area contributed by atoms with Gasteiger partial charge in [0.2, 0.25) is 0 Å². The molecule has 1 N–H and O–H groups in total. The summed E-state index contributed by atoms with van der Waals surface area (Å²) in [7, 11) is 0. The highest BCUT2D eigenvalue weighted by Gasteiger charge is 2.38. The third-order valence-electron chi connectivity index (χ3n) is 2.88. The molecule has 0 saturated heterocycles. The van der Waals surface area contributed by atoms with E-state index in [0.717, 1.165) is 25.0 Å². The molecule has 0 atom stereocenters. The number of benzene rings is 1. The van der Waals surface area contributed by atoms with Gasteiger partial charge in [0.05, 0.1) is 4.92 Å². The monoisotopic (exact) mass is 272 g/mol. The van der Waals surface area contributed by atoms with Crippen molar-refractivity contribution in [2.75, 3.05) is 5.32 Å². The van der Waals surface area contributed by atoms with Crippen LogP contribution in [0.5, 0.6) is 0 Å². The first-order valence-corrected chi connectivity index (χ1v) is 5.65. The smallest absolute Gasteiger partial charge is 0.382 e. The molecule has 0 unspecified atom stereocenters. The largest absolute Gasteiger partial charge is 0.423 e. The molecule has 0 heterocycles. The van der Waals surface area contributed by atoms with Gasteiger partial charge in [-0.3, -0.25) is 10.1 Å². The van der Waals surface area contributed by atoms with E-state index < -0.39 is 22.4 Å². The predicted molar refractivity (Wildman–Crippen MR) is 63.9 cm³/mol. The van der Waals surface area contributed by atoms with Gasteiger partial charge < -0.3 is 5.32 Å². The van der Waals surface area contributed by atoms with Crippen molar-refractivity contribution in [3.05, 3.63) is 46.0 Å². The van der Waals surface area contributed by atoms with Crippen molar-refractivity contribution < 1.29 is 18.1 Å². The average molecular weight is 272 g/mol. The summed E-state index contributed by atoms with van der Waals surface area (Å²) < 4.78 is 38.3. The van der Waals surface area contributed by atoms with Gasteiger partial charge in [0, 0.05) is 17.8 Å². The number of hydrogen-bond acceptors (Lipinski definition) is 3. The molecule has 0 amide bonds. The zero-order chi connectivity index (χ0) is 14.0. The van der Waals surface area contributed by atoms with E-state index in [4.69, 9.17) is 0 Å². The topological polar surface area (TPSA) is 55.2 Å². The molecule has 19 heavy (non-hydrogen) atoms. The first-order chi connectivity index (χ1) is 8.88. The van der Waals surface area contributed by atoms with Gasteiger partial charge >= 0.3 is 6.18 Å². The van der Waals surface area contributed by atoms with Crippen molar-refractivity contribution in [1.82, 2.24) is 0 Å². The number of nitro benzene ring substituents is 1. The Morgan fingerprint density at radius 2 is 1.89 bits per heavy atom. The van der Waals surface area contributed by atoms with Crippen LogP contribution >= 0.6 is 0 Å². The lowest BCUT2D eigenvalue weighted by atomic mass is 10.1. The van der Waals surface area contributed by atoms with E-state index >= 15 is 0 Å². The number of rotatable bonds is 3. The molecule has 0 saturated carbocycles. The zero-order valence-corrected chi connectivity index (χ0v) is 9.78. The second kappa shape index (κ2) is 4.91. The standard InChI is InChI=1S/C12H11F3N2O2/c13-12(14,15)10-7-9(5-6-11(10)17(18)19)16-8-3-1-2-4-8/h1-2,5-8,16H,3-4H2. The molecule has 1 aliphatic carbocycles. The number of nitrogens with zero attached hydrogens (tertiary/aromatic N) is 1. The summed E-state index contributed by atoms with van der Waals surface area (Å²) in [4.78, 5) is 9.58. The quantitative estimate of drug-likeness (QED) is 0.518. The molecule has 0 aliphatic heterocycles. The molecule has 7 heteroatoms. The minimum Gasteiger partial charge on any atom is -0.382 e. The van der Waals surface area contributed by atoms with Crippen LogP contribution in [0.4, 0.5) is 24.5 Å². The molecule has 4 nitrogen and oxygen atoms in total. The van der Waals surface area contributed by atoms with Crippen LogP contribution in [0.15, 0.2) is 30.4 Å². The van der Waals surface area contributed by atoms with Crippen molar-refractivity contribution in [2.45, 2.75) is 25.1 Å². The Morgan fingerprint density at radius 1 is 1.26 bits per heavy atom. The zero-order valence-electron chi connectivity index (χ0n) is 9.78. The fourth-order valence-corrected chi connectivity index (χ4v) is 1.98. The van der Waals surface area contributed by atoms with Crippen molar-refractivity contribution in [3.8, 4) is 0 Å². The molecule has 0 bridgehead atoms. The van der Waals surface area contributed by atoms with Crippen LogP contribution in [0.1, 0.15) is 18.4 Å². The number of alkyl halides is 3. The third-order valence-corrected chi connectivity index (χ3v) is 2.88. The van der Waals surface area contributed by atoms with E-state index in [2.05, 4.69) is 5.32 Å². The Balaban J connectivity index is 2.30. The minimum atomic E-state index is -4.74. The first-order valence-electron chi connectivity index (χ1n) is 5.65. The van der Waals surface area contributed by atoms with Gasteiger partial charge in [0.1, 0.15) is 5.56 Å². The highest BCUT2D eigenvalue weighted by atomic mass is 19.4. The van der Waals surface area contributed by atoms with Gasteiger partial charge in [0.25, 0.3) is 5.69 Å². The molecule has 0 spiro atoms. The van der Waals surface area contributed by atoms with E-state index in [0.29, 0.717) is 0 Å². The van der Waals surface area contributed by atoms with Crippen LogP contribution in [0.2, 0.25) is 0 Å². The molecule has 1 aliphatic rings. The lowest BCUT2D eigenvalue weighted by Crippen LogP contribution is -2.16. The van der Waals surface area contributed by atoms with Crippen LogP contribution in [0.3, 0.4) is 0 Å². The molecule has 2 rings (SSSR count). The molecule has 0 aromatic heterocycles. The van der Waals surface area contributed by atoms with Gasteiger partial charge in [0.15, 0.2) is 0 Å². The van der Waals surface area contributed by atoms with Crippen molar-refractivity contribution >= 4 is 11.4 Å². The fraction of sp³-hybridized carbons (Fsp3) is 0.333. The number of nitro groups is 1. The number of halogens is 3. The molecule has 0 fully saturated rings. The highest BCUT2D eigenvalue weighted by molar-refractivity contribution is 5.55. The lowest BCUT2D eigenvalue weighted by molar-refractivity contribution is -0.388. The van der Waals surface area contributed by atoms with Crippen molar-refractivity contribution in [3.63, 3.8) is 0 Å². The summed E-state index contributed by atoms with van der Waals surface area (Å²) in [6.45, 7) is 0. The molecule has 1 aromatic carbocycles. The summed E-state index contributed by atoms with van der Waals surface area (Å²) in [5.41, 5.74) is -1.91. The van der Waals surface area contributed by atoms with E-state index in [1.807, 2.05) is 12.2 Å². The summed E-state index contributed by atoms with van der Waals surface area (Å²) in [6, 6.07) is 3.01. The molecule has 102 valence electrons. The summed E-state index contributed by atoms with van der Waals surface area (Å²) in [5, 5.41) is 13.5. The summed E-state index contributed by atoms with van der Waals surface area (Å²) in [6.07, 6.45) is 0.603. The van der Waals surface area contributed by atoms with E-state index in [1.165, 1.54) is 6.07 Å². The van der Waals surface area contributed by atoms with Gasteiger partial charge in [-0.25, -0.2) is 0 Å². The van der Waals surface area contributed by atoms with E-state index in [1.54, 1.807) is 0 Å². The second-order valence-electron chi connectivity index (χ2n) is 4.27. The summed E-state index contributed by atoms with van der Waals surface area (Å²) >= 11 is 0. The number of anilines is 1. The Bertz CT molecular complexity index is 518. The maximum absolute atomic E-state index is 12.8. The highest BCUT2D eigenvalue weighted by Crippen LogP contribution is 2.37. The normalized spacial score (nSPS) is 15.7. The number of hydrogen-bond donors (Lipinski definition) is 1. The van der Waals surface area contributed by atoms with Crippen LogP contribution in [0, 0.1) is 10.1 Å². The maximum atomic E-state index is 12.8. The lowest BCUT2D eigenvalue weighted by Gasteiger charge is -2.15. The van der Waals surface area contributed by atoms with Gasteiger partial charge in [-0.2, -0.15) is 13.2 Å².